The van der Waals surface area contributed by atoms with Crippen LogP contribution in [0.2, 0.25) is 0 Å². The minimum atomic E-state index is -0.525. The number of carbonyl (C=O) groups excluding carboxylic acids is 2. The Hall–Kier alpha value is -1.10. The molecule has 5 heteroatoms. The van der Waals surface area contributed by atoms with Crippen LogP contribution in [-0.4, -0.2) is 42.9 Å². The van der Waals surface area contributed by atoms with E-state index in [0.717, 1.165) is 25.9 Å². The summed E-state index contributed by atoms with van der Waals surface area (Å²) in [6.45, 7) is 4.84. The maximum absolute atomic E-state index is 12.3. The third kappa shape index (κ3) is 2.44. The first kappa shape index (κ1) is 12.4. The molecule has 0 aromatic rings. The fourth-order valence-electron chi connectivity index (χ4n) is 2.68. The number of amides is 2. The van der Waals surface area contributed by atoms with Crippen molar-refractivity contribution in [2.75, 3.05) is 26.2 Å². The van der Waals surface area contributed by atoms with Gasteiger partial charge >= 0.3 is 0 Å². The normalized spacial score (nSPS) is 30.5. The van der Waals surface area contributed by atoms with Crippen molar-refractivity contribution in [3.8, 4) is 0 Å². The highest BCUT2D eigenvalue weighted by Crippen LogP contribution is 2.31. The molecule has 2 aliphatic rings. The van der Waals surface area contributed by atoms with Crippen LogP contribution in [0.15, 0.2) is 0 Å². The Labute approximate surface area is 102 Å². The number of hydrogen-bond acceptors (Lipinski definition) is 3. The van der Waals surface area contributed by atoms with Crippen LogP contribution in [0.5, 0.6) is 0 Å². The molecule has 0 aliphatic carbocycles. The number of carbonyl (C=O) groups is 2. The third-order valence-corrected chi connectivity index (χ3v) is 4.07. The van der Waals surface area contributed by atoms with E-state index in [1.807, 2.05) is 11.8 Å². The van der Waals surface area contributed by atoms with Gasteiger partial charge in [0.05, 0.1) is 5.41 Å². The van der Waals surface area contributed by atoms with Gasteiger partial charge in [0.15, 0.2) is 0 Å². The summed E-state index contributed by atoms with van der Waals surface area (Å²) < 4.78 is 0. The fraction of sp³-hybridized carbons (Fsp3) is 0.833. The lowest BCUT2D eigenvalue weighted by Crippen LogP contribution is -2.42. The zero-order valence-corrected chi connectivity index (χ0v) is 10.4. The van der Waals surface area contributed by atoms with Gasteiger partial charge in [-0.15, -0.1) is 0 Å². The molecule has 0 radical (unpaired) electrons. The summed E-state index contributed by atoms with van der Waals surface area (Å²) in [6.07, 6.45) is 2.50. The lowest BCUT2D eigenvalue weighted by Gasteiger charge is -2.27. The molecule has 2 saturated heterocycles. The SMILES string of the molecule is CC1(C(N)=O)CCN(C(=O)C2CCNCC2)C1. The van der Waals surface area contributed by atoms with Gasteiger partial charge in [-0.1, -0.05) is 0 Å². The van der Waals surface area contributed by atoms with Crippen molar-refractivity contribution in [3.63, 3.8) is 0 Å². The topological polar surface area (TPSA) is 75.4 Å². The molecule has 0 saturated carbocycles. The number of likely N-dealkylation sites (tertiary alicyclic amines) is 1. The maximum atomic E-state index is 12.3. The summed E-state index contributed by atoms with van der Waals surface area (Å²) >= 11 is 0. The average Bonchev–Trinajstić information content (AvgIpc) is 2.74. The summed E-state index contributed by atoms with van der Waals surface area (Å²) in [5.41, 5.74) is 4.86. The van der Waals surface area contributed by atoms with Gasteiger partial charge in [0.25, 0.3) is 0 Å². The second kappa shape index (κ2) is 4.64. The summed E-state index contributed by atoms with van der Waals surface area (Å²) in [4.78, 5) is 25.4. The first-order chi connectivity index (χ1) is 8.03. The van der Waals surface area contributed by atoms with Gasteiger partial charge < -0.3 is 16.0 Å². The smallest absolute Gasteiger partial charge is 0.225 e. The standard InChI is InChI=1S/C12H21N3O2/c1-12(11(13)17)4-7-15(8-12)10(16)9-2-5-14-6-3-9/h9,14H,2-8H2,1H3,(H2,13,17). The van der Waals surface area contributed by atoms with E-state index < -0.39 is 5.41 Å². The second-order valence-corrected chi connectivity index (χ2v) is 5.46. The lowest BCUT2D eigenvalue weighted by atomic mass is 9.89. The Morgan fingerprint density at radius 3 is 2.53 bits per heavy atom. The molecule has 0 aromatic heterocycles. The van der Waals surface area contributed by atoms with Crippen LogP contribution in [0.25, 0.3) is 0 Å². The fourth-order valence-corrected chi connectivity index (χ4v) is 2.68. The Morgan fingerprint density at radius 2 is 2.00 bits per heavy atom. The van der Waals surface area contributed by atoms with E-state index in [9.17, 15) is 9.59 Å². The number of hydrogen-bond donors (Lipinski definition) is 2. The molecule has 0 aromatic carbocycles. The van der Waals surface area contributed by atoms with Crippen LogP contribution in [0.4, 0.5) is 0 Å². The highest BCUT2D eigenvalue weighted by atomic mass is 16.2. The minimum Gasteiger partial charge on any atom is -0.369 e. The minimum absolute atomic E-state index is 0.131. The van der Waals surface area contributed by atoms with Crippen LogP contribution in [0.1, 0.15) is 26.2 Å². The molecule has 96 valence electrons. The van der Waals surface area contributed by atoms with Crippen molar-refractivity contribution in [2.45, 2.75) is 26.2 Å². The van der Waals surface area contributed by atoms with Gasteiger partial charge in [0, 0.05) is 19.0 Å². The maximum Gasteiger partial charge on any atom is 0.225 e. The van der Waals surface area contributed by atoms with Crippen molar-refractivity contribution in [2.24, 2.45) is 17.1 Å². The Bertz CT molecular complexity index is 326. The number of nitrogens with zero attached hydrogens (tertiary/aromatic N) is 1. The molecule has 17 heavy (non-hydrogen) atoms. The van der Waals surface area contributed by atoms with Gasteiger partial charge in [-0.3, -0.25) is 9.59 Å². The van der Waals surface area contributed by atoms with E-state index >= 15 is 0 Å². The molecule has 2 rings (SSSR count). The quantitative estimate of drug-likeness (QED) is 0.695. The third-order valence-electron chi connectivity index (χ3n) is 4.07. The Morgan fingerprint density at radius 1 is 1.35 bits per heavy atom. The zero-order valence-electron chi connectivity index (χ0n) is 10.4. The van der Waals surface area contributed by atoms with Gasteiger partial charge in [0.1, 0.15) is 0 Å². The number of rotatable bonds is 2. The highest BCUT2D eigenvalue weighted by Gasteiger charge is 2.41. The molecule has 1 atom stereocenters. The molecule has 0 bridgehead atoms. The molecule has 2 heterocycles. The highest BCUT2D eigenvalue weighted by molar-refractivity contribution is 5.84. The monoisotopic (exact) mass is 239 g/mol. The predicted octanol–water partition coefficient (Wildman–Crippen LogP) is -0.290. The second-order valence-electron chi connectivity index (χ2n) is 5.46. The van der Waals surface area contributed by atoms with Crippen LogP contribution in [0, 0.1) is 11.3 Å². The summed E-state index contributed by atoms with van der Waals surface area (Å²) in [6, 6.07) is 0. The van der Waals surface area contributed by atoms with Crippen LogP contribution in [0.3, 0.4) is 0 Å². The summed E-state index contributed by atoms with van der Waals surface area (Å²) in [7, 11) is 0. The molecule has 0 spiro atoms. The molecule has 1 unspecified atom stereocenters. The molecule has 2 aliphatic heterocycles. The van der Waals surface area contributed by atoms with Crippen LogP contribution in [-0.2, 0) is 9.59 Å². The first-order valence-corrected chi connectivity index (χ1v) is 6.32. The molecule has 2 amide bonds. The summed E-state index contributed by atoms with van der Waals surface area (Å²) in [5.74, 6) is 0.0427. The zero-order chi connectivity index (χ0) is 12.5. The Balaban J connectivity index is 1.95. The van der Waals surface area contributed by atoms with Gasteiger partial charge in [-0.05, 0) is 39.3 Å². The molecule has 3 N–H and O–H groups in total. The van der Waals surface area contributed by atoms with Gasteiger partial charge in [-0.25, -0.2) is 0 Å². The van der Waals surface area contributed by atoms with Gasteiger partial charge in [0.2, 0.25) is 11.8 Å². The van der Waals surface area contributed by atoms with E-state index in [-0.39, 0.29) is 17.7 Å². The van der Waals surface area contributed by atoms with Crippen molar-refractivity contribution in [1.29, 1.82) is 0 Å². The van der Waals surface area contributed by atoms with Crippen LogP contribution >= 0.6 is 0 Å². The van der Waals surface area contributed by atoms with Crippen molar-refractivity contribution in [1.82, 2.24) is 10.2 Å². The van der Waals surface area contributed by atoms with E-state index in [1.54, 1.807) is 0 Å². The average molecular weight is 239 g/mol. The molecule has 2 fully saturated rings. The van der Waals surface area contributed by atoms with Crippen molar-refractivity contribution < 1.29 is 9.59 Å². The van der Waals surface area contributed by atoms with Crippen LogP contribution < -0.4 is 11.1 Å². The predicted molar refractivity (Wildman–Crippen MR) is 64.1 cm³/mol. The van der Waals surface area contributed by atoms with Crippen molar-refractivity contribution in [3.05, 3.63) is 0 Å². The lowest BCUT2D eigenvalue weighted by molar-refractivity contribution is -0.136. The van der Waals surface area contributed by atoms with Crippen molar-refractivity contribution >= 4 is 11.8 Å². The van der Waals surface area contributed by atoms with E-state index in [1.165, 1.54) is 0 Å². The van der Waals surface area contributed by atoms with Gasteiger partial charge in [-0.2, -0.15) is 0 Å². The number of piperidine rings is 1. The number of nitrogens with two attached hydrogens (primary N) is 1. The molecular formula is C12H21N3O2. The Kier molecular flexibility index (Phi) is 3.38. The number of primary amides is 1. The summed E-state index contributed by atoms with van der Waals surface area (Å²) in [5, 5.41) is 3.25. The molecular weight excluding hydrogens is 218 g/mol. The number of nitrogens with one attached hydrogen (secondary N) is 1. The first-order valence-electron chi connectivity index (χ1n) is 6.32. The van der Waals surface area contributed by atoms with E-state index in [4.69, 9.17) is 5.73 Å². The van der Waals surface area contributed by atoms with E-state index in [2.05, 4.69) is 5.32 Å². The molecule has 5 nitrogen and oxygen atoms in total. The largest absolute Gasteiger partial charge is 0.369 e. The van der Waals surface area contributed by atoms with E-state index in [0.29, 0.717) is 19.5 Å².